The number of anilines is 1. The third kappa shape index (κ3) is 5.88. The molecule has 0 aliphatic rings. The van der Waals surface area contributed by atoms with E-state index in [9.17, 15) is 18.0 Å². The van der Waals surface area contributed by atoms with E-state index < -0.39 is 15.9 Å². The van der Waals surface area contributed by atoms with E-state index in [4.69, 9.17) is 0 Å². The summed E-state index contributed by atoms with van der Waals surface area (Å²) in [7, 11) is -2.43. The third-order valence-electron chi connectivity index (χ3n) is 4.50. The highest BCUT2D eigenvalue weighted by molar-refractivity contribution is 7.89. The maximum atomic E-state index is 12.7. The van der Waals surface area contributed by atoms with Crippen molar-refractivity contribution in [2.75, 3.05) is 25.5 Å². The highest BCUT2D eigenvalue weighted by Gasteiger charge is 2.23. The van der Waals surface area contributed by atoms with Crippen LogP contribution in [0.2, 0.25) is 0 Å². The molecule has 2 amide bonds. The van der Waals surface area contributed by atoms with Gasteiger partial charge < -0.3 is 10.6 Å². The molecule has 0 saturated carbocycles. The van der Waals surface area contributed by atoms with Gasteiger partial charge >= 0.3 is 0 Å². The van der Waals surface area contributed by atoms with E-state index in [0.29, 0.717) is 17.8 Å². The van der Waals surface area contributed by atoms with E-state index in [1.54, 1.807) is 36.4 Å². The van der Waals surface area contributed by atoms with Crippen molar-refractivity contribution in [1.29, 1.82) is 0 Å². The highest BCUT2D eigenvalue weighted by Crippen LogP contribution is 2.18. The molecule has 156 valence electrons. The number of hydrogen-bond acceptors (Lipinski definition) is 4. The normalized spacial score (nSPS) is 11.3. The fourth-order valence-corrected chi connectivity index (χ4v) is 3.83. The molecule has 2 rings (SSSR count). The largest absolute Gasteiger partial charge is 0.352 e. The molecule has 0 saturated heterocycles. The minimum atomic E-state index is -3.79. The molecule has 0 aliphatic carbocycles. The van der Waals surface area contributed by atoms with Crippen LogP contribution in [0.5, 0.6) is 0 Å². The van der Waals surface area contributed by atoms with Gasteiger partial charge in [0.2, 0.25) is 15.9 Å². The number of carbonyl (C=O) groups is 2. The molecule has 0 fully saturated rings. The number of nitrogens with one attached hydrogen (secondary N) is 2. The number of likely N-dealkylation sites (N-methyl/N-ethyl adjacent to an activating group) is 1. The summed E-state index contributed by atoms with van der Waals surface area (Å²) in [5.74, 6) is -0.719. The zero-order chi connectivity index (χ0) is 21.6. The average molecular weight is 418 g/mol. The summed E-state index contributed by atoms with van der Waals surface area (Å²) < 4.78 is 26.4. The number of carbonyl (C=O) groups excluding carboxylic acids is 2. The fourth-order valence-electron chi connectivity index (χ4n) is 2.62. The molecule has 0 unspecified atom stereocenters. The van der Waals surface area contributed by atoms with Crippen molar-refractivity contribution in [3.63, 3.8) is 0 Å². The Balaban J connectivity index is 2.06. The van der Waals surface area contributed by atoms with Gasteiger partial charge in [0.25, 0.3) is 5.91 Å². The summed E-state index contributed by atoms with van der Waals surface area (Å²) in [6, 6.07) is 11.4. The molecule has 2 aromatic rings. The highest BCUT2D eigenvalue weighted by atomic mass is 32.2. The maximum Gasteiger partial charge on any atom is 0.251 e. The van der Waals surface area contributed by atoms with E-state index in [1.165, 1.54) is 13.1 Å². The first-order chi connectivity index (χ1) is 13.6. The Hall–Kier alpha value is -2.71. The van der Waals surface area contributed by atoms with Crippen molar-refractivity contribution in [3.8, 4) is 0 Å². The Kier molecular flexibility index (Phi) is 7.53. The number of sulfonamides is 1. The predicted molar refractivity (Wildman–Crippen MR) is 113 cm³/mol. The van der Waals surface area contributed by atoms with Crippen LogP contribution in [0.4, 0.5) is 5.69 Å². The first kappa shape index (κ1) is 22.6. The predicted octanol–water partition coefficient (Wildman–Crippen LogP) is 2.70. The van der Waals surface area contributed by atoms with Crippen LogP contribution in [0.1, 0.15) is 34.8 Å². The molecule has 8 heteroatoms. The minimum absolute atomic E-state index is 0.144. The monoisotopic (exact) mass is 417 g/mol. The quantitative estimate of drug-likeness (QED) is 0.690. The lowest BCUT2D eigenvalue weighted by molar-refractivity contribution is -0.116. The number of hydrogen-bond donors (Lipinski definition) is 2. The molecule has 7 nitrogen and oxygen atoms in total. The molecule has 0 bridgehead atoms. The molecule has 0 atom stereocenters. The second-order valence-electron chi connectivity index (χ2n) is 6.89. The van der Waals surface area contributed by atoms with Gasteiger partial charge in [0.1, 0.15) is 0 Å². The van der Waals surface area contributed by atoms with Crippen LogP contribution >= 0.6 is 0 Å². The number of nitrogens with zero attached hydrogens (tertiary/aromatic N) is 1. The zero-order valence-corrected chi connectivity index (χ0v) is 18.0. The molecule has 0 spiro atoms. The van der Waals surface area contributed by atoms with Gasteiger partial charge in [0.05, 0.1) is 11.4 Å². The Morgan fingerprint density at radius 2 is 1.76 bits per heavy atom. The van der Waals surface area contributed by atoms with Crippen molar-refractivity contribution in [3.05, 3.63) is 59.2 Å². The van der Waals surface area contributed by atoms with Crippen molar-refractivity contribution in [1.82, 2.24) is 9.62 Å². The maximum absolute atomic E-state index is 12.7. The smallest absolute Gasteiger partial charge is 0.251 e. The van der Waals surface area contributed by atoms with Crippen LogP contribution in [-0.4, -0.2) is 44.7 Å². The van der Waals surface area contributed by atoms with Crippen molar-refractivity contribution in [2.45, 2.75) is 32.1 Å². The van der Waals surface area contributed by atoms with Crippen LogP contribution in [-0.2, 0) is 14.8 Å². The summed E-state index contributed by atoms with van der Waals surface area (Å²) >= 11 is 0. The number of rotatable bonds is 8. The van der Waals surface area contributed by atoms with E-state index >= 15 is 0 Å². The summed E-state index contributed by atoms with van der Waals surface area (Å²) in [4.78, 5) is 24.5. The SMILES string of the molecule is CCCNC(=O)c1cccc(NC(=O)CN(C)S(=O)(=O)c2ccc(C)c(C)c2)c1. The lowest BCUT2D eigenvalue weighted by Crippen LogP contribution is -2.35. The van der Waals surface area contributed by atoms with Crippen molar-refractivity contribution < 1.29 is 18.0 Å². The second-order valence-corrected chi connectivity index (χ2v) is 8.94. The van der Waals surface area contributed by atoms with Gasteiger partial charge in [-0.2, -0.15) is 4.31 Å². The lowest BCUT2D eigenvalue weighted by atomic mass is 10.1. The first-order valence-corrected chi connectivity index (χ1v) is 10.8. The second kappa shape index (κ2) is 9.67. The van der Waals surface area contributed by atoms with Gasteiger partial charge in [-0.25, -0.2) is 8.42 Å². The minimum Gasteiger partial charge on any atom is -0.352 e. The zero-order valence-electron chi connectivity index (χ0n) is 17.2. The number of aryl methyl sites for hydroxylation is 2. The van der Waals surface area contributed by atoms with Crippen LogP contribution < -0.4 is 10.6 Å². The van der Waals surface area contributed by atoms with Gasteiger partial charge in [0.15, 0.2) is 0 Å². The Bertz CT molecular complexity index is 1000. The molecule has 29 heavy (non-hydrogen) atoms. The first-order valence-electron chi connectivity index (χ1n) is 9.37. The number of benzene rings is 2. The topological polar surface area (TPSA) is 95.6 Å². The Labute approximate surface area is 172 Å². The van der Waals surface area contributed by atoms with Gasteiger partial charge in [-0.3, -0.25) is 9.59 Å². The fraction of sp³-hybridized carbons (Fsp3) is 0.333. The number of amides is 2. The van der Waals surface area contributed by atoms with Crippen LogP contribution in [0.25, 0.3) is 0 Å². The van der Waals surface area contributed by atoms with Crippen LogP contribution in [0.3, 0.4) is 0 Å². The van der Waals surface area contributed by atoms with Crippen molar-refractivity contribution >= 4 is 27.5 Å². The molecule has 0 radical (unpaired) electrons. The molecular formula is C21H27N3O4S. The molecule has 2 aromatic carbocycles. The van der Waals surface area contributed by atoms with Gasteiger partial charge in [0, 0.05) is 24.8 Å². The van der Waals surface area contributed by atoms with Crippen LogP contribution in [0.15, 0.2) is 47.4 Å². The lowest BCUT2D eigenvalue weighted by Gasteiger charge is -2.17. The summed E-state index contributed by atoms with van der Waals surface area (Å²) in [6.07, 6.45) is 0.823. The van der Waals surface area contributed by atoms with Crippen molar-refractivity contribution in [2.24, 2.45) is 0 Å². The van der Waals surface area contributed by atoms with E-state index in [-0.39, 0.29) is 17.3 Å². The molecule has 0 aromatic heterocycles. The third-order valence-corrected chi connectivity index (χ3v) is 6.30. The standard InChI is InChI=1S/C21H27N3O4S/c1-5-11-22-21(26)17-7-6-8-18(13-17)23-20(25)14-24(4)29(27,28)19-10-9-15(2)16(3)12-19/h6-10,12-13H,5,11,14H2,1-4H3,(H,22,26)(H,23,25). The Morgan fingerprint density at radius 3 is 2.41 bits per heavy atom. The van der Waals surface area contributed by atoms with E-state index in [2.05, 4.69) is 10.6 Å². The molecule has 0 aliphatic heterocycles. The van der Waals surface area contributed by atoms with E-state index in [1.807, 2.05) is 20.8 Å². The van der Waals surface area contributed by atoms with Gasteiger partial charge in [-0.1, -0.05) is 19.1 Å². The average Bonchev–Trinajstić information content (AvgIpc) is 2.68. The van der Waals surface area contributed by atoms with Crippen LogP contribution in [0, 0.1) is 13.8 Å². The molecule has 2 N–H and O–H groups in total. The van der Waals surface area contributed by atoms with Gasteiger partial charge in [-0.05, 0) is 61.7 Å². The Morgan fingerprint density at radius 1 is 1.03 bits per heavy atom. The van der Waals surface area contributed by atoms with E-state index in [0.717, 1.165) is 21.9 Å². The van der Waals surface area contributed by atoms with Gasteiger partial charge in [-0.15, -0.1) is 0 Å². The summed E-state index contributed by atoms with van der Waals surface area (Å²) in [5, 5.41) is 5.41. The summed E-state index contributed by atoms with van der Waals surface area (Å²) in [5.41, 5.74) is 2.71. The summed E-state index contributed by atoms with van der Waals surface area (Å²) in [6.45, 7) is 5.92. The molecule has 0 heterocycles. The molecular weight excluding hydrogens is 390 g/mol.